The van der Waals surface area contributed by atoms with Crippen LogP contribution in [-0.4, -0.2) is 40.3 Å². The summed E-state index contributed by atoms with van der Waals surface area (Å²) in [6, 6.07) is 20.1. The Morgan fingerprint density at radius 3 is 2.34 bits per heavy atom. The Bertz CT molecular complexity index is 1200. The number of alkyl halides is 1. The average Bonchev–Trinajstić information content (AvgIpc) is 3.35. The Labute approximate surface area is 213 Å². The van der Waals surface area contributed by atoms with E-state index in [0.717, 1.165) is 41.0 Å². The fraction of sp³-hybridized carbons (Fsp3) is 0.379. The molecular formula is C29H34ClN3O2. The van der Waals surface area contributed by atoms with E-state index in [1.165, 1.54) is 0 Å². The Kier molecular flexibility index (Phi) is 7.36. The number of carbonyl (C=O) groups is 2. The Morgan fingerprint density at radius 1 is 1.00 bits per heavy atom. The molecule has 1 aliphatic heterocycles. The Balaban J connectivity index is 1.78. The van der Waals surface area contributed by atoms with E-state index in [4.69, 9.17) is 11.6 Å². The summed E-state index contributed by atoms with van der Waals surface area (Å²) < 4.78 is 2.15. The monoisotopic (exact) mass is 491 g/mol. The molecule has 0 radical (unpaired) electrons. The molecule has 0 N–H and O–H groups in total. The Hall–Kier alpha value is -3.05. The van der Waals surface area contributed by atoms with Crippen molar-refractivity contribution in [3.63, 3.8) is 0 Å². The molecule has 1 unspecified atom stereocenters. The van der Waals surface area contributed by atoms with Crippen molar-refractivity contribution in [1.82, 2.24) is 9.47 Å². The molecule has 184 valence electrons. The number of aryl methyl sites for hydroxylation is 1. The highest BCUT2D eigenvalue weighted by molar-refractivity contribution is 6.20. The van der Waals surface area contributed by atoms with Crippen LogP contribution in [0.4, 0.5) is 5.69 Å². The van der Waals surface area contributed by atoms with Gasteiger partial charge in [0.1, 0.15) is 12.6 Å². The van der Waals surface area contributed by atoms with Gasteiger partial charge in [0.15, 0.2) is 0 Å². The summed E-state index contributed by atoms with van der Waals surface area (Å²) >= 11 is 6.13. The summed E-state index contributed by atoms with van der Waals surface area (Å²) in [4.78, 5) is 31.1. The van der Waals surface area contributed by atoms with Gasteiger partial charge in [0.25, 0.3) is 0 Å². The van der Waals surface area contributed by atoms with Crippen molar-refractivity contribution in [2.45, 2.75) is 46.6 Å². The third kappa shape index (κ3) is 4.87. The first kappa shape index (κ1) is 25.1. The van der Waals surface area contributed by atoms with Crippen molar-refractivity contribution in [3.05, 3.63) is 83.7 Å². The van der Waals surface area contributed by atoms with Crippen LogP contribution >= 0.6 is 11.6 Å². The number of fused-ring (bicyclic) bond motifs is 3. The SMILES string of the molecule is CCCCN(CC(=O)N1c2ccccc2-n2cccc2C1c1ccc(C)cc1)C(=O)C(C)(C)CCl. The van der Waals surface area contributed by atoms with Gasteiger partial charge in [-0.2, -0.15) is 0 Å². The van der Waals surface area contributed by atoms with Gasteiger partial charge in [-0.3, -0.25) is 14.5 Å². The molecule has 4 rings (SSSR count). The molecule has 0 bridgehead atoms. The van der Waals surface area contributed by atoms with Crippen LogP contribution in [0.25, 0.3) is 5.69 Å². The van der Waals surface area contributed by atoms with Crippen molar-refractivity contribution in [2.75, 3.05) is 23.9 Å². The van der Waals surface area contributed by atoms with Gasteiger partial charge in [0.05, 0.1) is 22.5 Å². The van der Waals surface area contributed by atoms with E-state index < -0.39 is 5.41 Å². The predicted molar refractivity (Wildman–Crippen MR) is 142 cm³/mol. The molecule has 2 aromatic carbocycles. The smallest absolute Gasteiger partial charge is 0.247 e. The second-order valence-electron chi connectivity index (χ2n) is 9.97. The lowest BCUT2D eigenvalue weighted by Crippen LogP contribution is -2.50. The maximum Gasteiger partial charge on any atom is 0.247 e. The minimum Gasteiger partial charge on any atom is -0.333 e. The van der Waals surface area contributed by atoms with E-state index in [-0.39, 0.29) is 30.3 Å². The fourth-order valence-corrected chi connectivity index (χ4v) is 4.77. The minimum atomic E-state index is -0.736. The third-order valence-corrected chi connectivity index (χ3v) is 7.36. The van der Waals surface area contributed by atoms with Gasteiger partial charge < -0.3 is 9.47 Å². The average molecular weight is 492 g/mol. The standard InChI is InChI=1S/C29H34ClN3O2/c1-5-6-17-31(28(35)29(3,4)20-30)19-26(34)33-24-11-8-7-10-23(24)32-18-9-12-25(32)27(33)22-15-13-21(2)14-16-22/h7-16,18,27H,5-6,17,19-20H2,1-4H3. The number of amides is 2. The molecule has 2 amide bonds. The maximum absolute atomic E-state index is 14.1. The summed E-state index contributed by atoms with van der Waals surface area (Å²) in [6.07, 6.45) is 3.81. The summed E-state index contributed by atoms with van der Waals surface area (Å²) in [7, 11) is 0. The van der Waals surface area contributed by atoms with Crippen LogP contribution in [0.2, 0.25) is 0 Å². The minimum absolute atomic E-state index is 0.0105. The molecule has 1 atom stereocenters. The van der Waals surface area contributed by atoms with Crippen LogP contribution in [0.3, 0.4) is 0 Å². The number of halogens is 1. The normalized spacial score (nSPS) is 14.9. The van der Waals surface area contributed by atoms with E-state index in [1.54, 1.807) is 4.90 Å². The van der Waals surface area contributed by atoms with Gasteiger partial charge in [-0.05, 0) is 57.0 Å². The highest BCUT2D eigenvalue weighted by atomic mass is 35.5. The lowest BCUT2D eigenvalue weighted by Gasteiger charge is -2.40. The molecule has 0 saturated carbocycles. The molecule has 5 nitrogen and oxygen atoms in total. The first-order valence-corrected chi connectivity index (χ1v) is 12.8. The van der Waals surface area contributed by atoms with Crippen molar-refractivity contribution in [3.8, 4) is 5.69 Å². The molecule has 3 aromatic rings. The molecule has 35 heavy (non-hydrogen) atoms. The number of benzene rings is 2. The van der Waals surface area contributed by atoms with Crippen LogP contribution in [0.15, 0.2) is 66.9 Å². The maximum atomic E-state index is 14.1. The number of anilines is 1. The van der Waals surface area contributed by atoms with Crippen LogP contribution < -0.4 is 4.90 Å². The van der Waals surface area contributed by atoms with Gasteiger partial charge in [-0.25, -0.2) is 0 Å². The molecule has 0 saturated heterocycles. The van der Waals surface area contributed by atoms with E-state index in [9.17, 15) is 9.59 Å². The molecule has 2 heterocycles. The summed E-state index contributed by atoms with van der Waals surface area (Å²) in [5.41, 5.74) is 4.28. The quantitative estimate of drug-likeness (QED) is 0.356. The molecule has 1 aliphatic rings. The van der Waals surface area contributed by atoms with Crippen molar-refractivity contribution < 1.29 is 9.59 Å². The first-order chi connectivity index (χ1) is 16.8. The first-order valence-electron chi connectivity index (χ1n) is 12.3. The fourth-order valence-electron chi connectivity index (χ4n) is 4.65. The molecule has 0 spiro atoms. The van der Waals surface area contributed by atoms with Gasteiger partial charge in [-0.15, -0.1) is 11.6 Å². The topological polar surface area (TPSA) is 45.6 Å². The van der Waals surface area contributed by atoms with Crippen LogP contribution in [0.5, 0.6) is 0 Å². The Morgan fingerprint density at radius 2 is 1.69 bits per heavy atom. The van der Waals surface area contributed by atoms with E-state index in [0.29, 0.717) is 6.54 Å². The van der Waals surface area contributed by atoms with E-state index >= 15 is 0 Å². The molecule has 0 fully saturated rings. The van der Waals surface area contributed by atoms with Gasteiger partial charge in [0.2, 0.25) is 11.8 Å². The number of rotatable bonds is 8. The third-order valence-electron chi connectivity index (χ3n) is 6.69. The van der Waals surface area contributed by atoms with Crippen LogP contribution in [-0.2, 0) is 9.59 Å². The molecule has 0 aliphatic carbocycles. The van der Waals surface area contributed by atoms with E-state index in [2.05, 4.69) is 48.7 Å². The van der Waals surface area contributed by atoms with Crippen LogP contribution in [0, 0.1) is 12.3 Å². The highest BCUT2D eigenvalue weighted by Gasteiger charge is 2.38. The summed E-state index contributed by atoms with van der Waals surface area (Å²) in [5.74, 6) is 0.00878. The zero-order chi connectivity index (χ0) is 25.2. The summed E-state index contributed by atoms with van der Waals surface area (Å²) in [5, 5.41) is 0. The van der Waals surface area contributed by atoms with E-state index in [1.807, 2.05) is 55.3 Å². The van der Waals surface area contributed by atoms with Crippen molar-refractivity contribution >= 4 is 29.1 Å². The number of aromatic nitrogens is 1. The van der Waals surface area contributed by atoms with Gasteiger partial charge in [-0.1, -0.05) is 55.3 Å². The van der Waals surface area contributed by atoms with Gasteiger partial charge >= 0.3 is 0 Å². The number of hydrogen-bond donors (Lipinski definition) is 0. The zero-order valence-corrected chi connectivity index (χ0v) is 21.8. The van der Waals surface area contributed by atoms with Crippen molar-refractivity contribution in [2.24, 2.45) is 5.41 Å². The number of para-hydroxylation sites is 2. The highest BCUT2D eigenvalue weighted by Crippen LogP contribution is 2.42. The second-order valence-corrected chi connectivity index (χ2v) is 10.2. The largest absolute Gasteiger partial charge is 0.333 e. The van der Waals surface area contributed by atoms with Crippen LogP contribution in [0.1, 0.15) is 56.5 Å². The molecular weight excluding hydrogens is 458 g/mol. The lowest BCUT2D eigenvalue weighted by atomic mass is 9.94. The molecule has 6 heteroatoms. The lowest BCUT2D eigenvalue weighted by molar-refractivity contribution is -0.142. The second kappa shape index (κ2) is 10.3. The number of carbonyl (C=O) groups excluding carboxylic acids is 2. The summed E-state index contributed by atoms with van der Waals surface area (Å²) in [6.45, 7) is 8.36. The van der Waals surface area contributed by atoms with Crippen molar-refractivity contribution in [1.29, 1.82) is 0 Å². The van der Waals surface area contributed by atoms with Gasteiger partial charge in [0, 0.05) is 18.6 Å². The zero-order valence-electron chi connectivity index (χ0n) is 21.0. The predicted octanol–water partition coefficient (Wildman–Crippen LogP) is 6.12. The molecule has 1 aromatic heterocycles. The number of unbranched alkanes of at least 4 members (excludes halogenated alkanes) is 1. The number of nitrogens with zero attached hydrogens (tertiary/aromatic N) is 3. The number of hydrogen-bond acceptors (Lipinski definition) is 2.